The predicted molar refractivity (Wildman–Crippen MR) is 40.8 cm³/mol. The molecule has 0 spiro atoms. The van der Waals surface area contributed by atoms with Crippen LogP contribution in [0.15, 0.2) is 12.1 Å². The number of alkyl halides is 2. The van der Waals surface area contributed by atoms with Crippen LogP contribution in [0.1, 0.15) is 10.4 Å². The van der Waals surface area contributed by atoms with Crippen LogP contribution >= 0.6 is 23.2 Å². The molecule has 66 valence electrons. The van der Waals surface area contributed by atoms with Crippen molar-refractivity contribution in [3.8, 4) is 0 Å². The topological polar surface area (TPSA) is 0 Å². The summed E-state index contributed by atoms with van der Waals surface area (Å²) >= 11 is 10.5. The third-order valence-corrected chi connectivity index (χ3v) is 1.70. The molecule has 0 N–H and O–H groups in total. The Morgan fingerprint density at radius 2 is 1.42 bits per heavy atom. The van der Waals surface area contributed by atoms with Gasteiger partial charge in [0.15, 0.2) is 0 Å². The van der Waals surface area contributed by atoms with E-state index in [1.54, 1.807) is 0 Å². The minimum atomic E-state index is -1.33. The zero-order chi connectivity index (χ0) is 9.30. The molecule has 0 aromatic heterocycles. The molecular formula is C7H3Cl2F3. The van der Waals surface area contributed by atoms with E-state index in [0.29, 0.717) is 12.1 Å². The molecule has 12 heavy (non-hydrogen) atoms. The van der Waals surface area contributed by atoms with Gasteiger partial charge in [0.25, 0.3) is 0 Å². The molecule has 0 saturated heterocycles. The lowest BCUT2D eigenvalue weighted by Crippen LogP contribution is -1.95. The van der Waals surface area contributed by atoms with Gasteiger partial charge in [-0.05, 0) is 0 Å². The third-order valence-electron chi connectivity index (χ3n) is 1.26. The lowest BCUT2D eigenvalue weighted by atomic mass is 10.2. The molecule has 0 heterocycles. The fourth-order valence-electron chi connectivity index (χ4n) is 0.762. The van der Waals surface area contributed by atoms with Crippen LogP contribution in [0.5, 0.6) is 0 Å². The highest BCUT2D eigenvalue weighted by molar-refractivity contribution is 6.44. The molecule has 0 saturated carbocycles. The van der Waals surface area contributed by atoms with Gasteiger partial charge in [0.05, 0.1) is 5.56 Å². The van der Waals surface area contributed by atoms with Gasteiger partial charge in [-0.2, -0.15) is 0 Å². The summed E-state index contributed by atoms with van der Waals surface area (Å²) in [7, 11) is 0. The van der Waals surface area contributed by atoms with E-state index in [0.717, 1.165) is 0 Å². The average Bonchev–Trinajstić information content (AvgIpc) is 1.82. The van der Waals surface area contributed by atoms with E-state index in [9.17, 15) is 13.2 Å². The van der Waals surface area contributed by atoms with E-state index in [4.69, 9.17) is 23.2 Å². The lowest BCUT2D eigenvalue weighted by molar-refractivity contribution is 0.529. The first-order valence-electron chi connectivity index (χ1n) is 2.95. The summed E-state index contributed by atoms with van der Waals surface area (Å²) in [6.07, 6.45) is 0. The van der Waals surface area contributed by atoms with Gasteiger partial charge in [-0.3, -0.25) is 0 Å². The standard InChI is InChI=1S/C7H3Cl2F3/c8-7(9)6-4(11)1-3(10)2-5(6)12/h1-2,7H. The Hall–Kier alpha value is -0.410. The van der Waals surface area contributed by atoms with Crippen molar-refractivity contribution in [3.63, 3.8) is 0 Å². The molecule has 1 rings (SSSR count). The van der Waals surface area contributed by atoms with E-state index < -0.39 is 27.9 Å². The molecule has 0 unspecified atom stereocenters. The third kappa shape index (κ3) is 1.84. The number of halogens is 5. The van der Waals surface area contributed by atoms with Crippen LogP contribution in [-0.2, 0) is 0 Å². The van der Waals surface area contributed by atoms with Crippen LogP contribution in [0, 0.1) is 17.5 Å². The van der Waals surface area contributed by atoms with Crippen LogP contribution < -0.4 is 0 Å². The number of hydrogen-bond acceptors (Lipinski definition) is 0. The van der Waals surface area contributed by atoms with Crippen LogP contribution in [-0.4, -0.2) is 0 Å². The maximum absolute atomic E-state index is 12.7. The number of hydrogen-bond donors (Lipinski definition) is 0. The minimum Gasteiger partial charge on any atom is -0.207 e. The summed E-state index contributed by atoms with van der Waals surface area (Å²) in [5.41, 5.74) is -0.528. The molecule has 0 aliphatic heterocycles. The van der Waals surface area contributed by atoms with Crippen molar-refractivity contribution in [2.45, 2.75) is 4.84 Å². The zero-order valence-electron chi connectivity index (χ0n) is 5.62. The van der Waals surface area contributed by atoms with Gasteiger partial charge in [0.2, 0.25) is 0 Å². The van der Waals surface area contributed by atoms with Crippen LogP contribution in [0.3, 0.4) is 0 Å². The molecule has 0 bridgehead atoms. The SMILES string of the molecule is Fc1cc(F)c(C(Cl)Cl)c(F)c1. The second-order valence-electron chi connectivity index (χ2n) is 2.08. The van der Waals surface area contributed by atoms with Crippen molar-refractivity contribution in [1.29, 1.82) is 0 Å². The highest BCUT2D eigenvalue weighted by atomic mass is 35.5. The molecule has 1 aromatic rings. The number of rotatable bonds is 1. The summed E-state index contributed by atoms with van der Waals surface area (Å²) < 4.78 is 37.7. The van der Waals surface area contributed by atoms with E-state index in [1.807, 2.05) is 0 Å². The summed E-state index contributed by atoms with van der Waals surface area (Å²) in [4.78, 5) is -1.33. The Kier molecular flexibility index (Phi) is 2.85. The molecule has 0 atom stereocenters. The molecule has 0 radical (unpaired) electrons. The maximum atomic E-state index is 12.7. The number of benzene rings is 1. The Morgan fingerprint density at radius 3 is 1.75 bits per heavy atom. The van der Waals surface area contributed by atoms with Crippen LogP contribution in [0.25, 0.3) is 0 Å². The van der Waals surface area contributed by atoms with Gasteiger partial charge in [-0.25, -0.2) is 13.2 Å². The van der Waals surface area contributed by atoms with E-state index in [-0.39, 0.29) is 0 Å². The predicted octanol–water partition coefficient (Wildman–Crippen LogP) is 3.58. The van der Waals surface area contributed by atoms with Crippen molar-refractivity contribution in [2.24, 2.45) is 0 Å². The van der Waals surface area contributed by atoms with E-state index >= 15 is 0 Å². The van der Waals surface area contributed by atoms with Gasteiger partial charge >= 0.3 is 0 Å². The highest BCUT2D eigenvalue weighted by Gasteiger charge is 2.16. The normalized spacial score (nSPS) is 10.8. The fourth-order valence-corrected chi connectivity index (χ4v) is 1.18. The van der Waals surface area contributed by atoms with Gasteiger partial charge in [0.1, 0.15) is 22.3 Å². The molecule has 0 aliphatic carbocycles. The molecule has 5 heteroatoms. The van der Waals surface area contributed by atoms with Crippen molar-refractivity contribution < 1.29 is 13.2 Å². The summed E-state index contributed by atoms with van der Waals surface area (Å²) in [6, 6.07) is 1.05. The van der Waals surface area contributed by atoms with Crippen LogP contribution in [0.4, 0.5) is 13.2 Å². The van der Waals surface area contributed by atoms with Gasteiger partial charge < -0.3 is 0 Å². The first-order valence-corrected chi connectivity index (χ1v) is 3.82. The molecule has 0 nitrogen and oxygen atoms in total. The largest absolute Gasteiger partial charge is 0.207 e. The van der Waals surface area contributed by atoms with Gasteiger partial charge in [-0.15, -0.1) is 0 Å². The molecular weight excluding hydrogens is 212 g/mol. The Morgan fingerprint density at radius 1 is 1.00 bits per heavy atom. The smallest absolute Gasteiger partial charge is 0.138 e. The lowest BCUT2D eigenvalue weighted by Gasteiger charge is -2.04. The molecule has 0 aliphatic rings. The van der Waals surface area contributed by atoms with Crippen LogP contribution in [0.2, 0.25) is 0 Å². The second kappa shape index (κ2) is 3.54. The maximum Gasteiger partial charge on any atom is 0.138 e. The Labute approximate surface area is 76.9 Å². The fraction of sp³-hybridized carbons (Fsp3) is 0.143. The van der Waals surface area contributed by atoms with Crippen molar-refractivity contribution in [2.75, 3.05) is 0 Å². The van der Waals surface area contributed by atoms with Gasteiger partial charge in [-0.1, -0.05) is 23.2 Å². The van der Waals surface area contributed by atoms with Crippen molar-refractivity contribution in [1.82, 2.24) is 0 Å². The first kappa shape index (κ1) is 9.68. The summed E-state index contributed by atoms with van der Waals surface area (Å²) in [5, 5.41) is 0. The quantitative estimate of drug-likeness (QED) is 0.628. The van der Waals surface area contributed by atoms with E-state index in [2.05, 4.69) is 0 Å². The highest BCUT2D eigenvalue weighted by Crippen LogP contribution is 2.29. The zero-order valence-corrected chi connectivity index (χ0v) is 7.13. The molecule has 0 fully saturated rings. The summed E-state index contributed by atoms with van der Waals surface area (Å²) in [6.45, 7) is 0. The van der Waals surface area contributed by atoms with Gasteiger partial charge in [0, 0.05) is 12.1 Å². The van der Waals surface area contributed by atoms with Crippen molar-refractivity contribution in [3.05, 3.63) is 35.1 Å². The molecule has 1 aromatic carbocycles. The second-order valence-corrected chi connectivity index (χ2v) is 3.18. The molecule has 0 amide bonds. The van der Waals surface area contributed by atoms with E-state index in [1.165, 1.54) is 0 Å². The minimum absolute atomic E-state index is 0.524. The summed E-state index contributed by atoms with van der Waals surface area (Å²) in [5.74, 6) is -3.16. The monoisotopic (exact) mass is 214 g/mol. The van der Waals surface area contributed by atoms with Crippen molar-refractivity contribution >= 4 is 23.2 Å². The average molecular weight is 215 g/mol. The Balaban J connectivity index is 3.28. The Bertz CT molecular complexity index is 276. The first-order chi connectivity index (χ1) is 5.52.